The molecular formula is C22H29N7O6. The van der Waals surface area contributed by atoms with Crippen LogP contribution < -0.4 is 24.7 Å². The molecule has 188 valence electrons. The minimum absolute atomic E-state index is 0.325. The summed E-state index contributed by atoms with van der Waals surface area (Å²) in [7, 11) is 0. The Kier molecular flexibility index (Phi) is 8.46. The fraction of sp³-hybridized carbons (Fsp3) is 0.500. The van der Waals surface area contributed by atoms with Gasteiger partial charge in [0.1, 0.15) is 0 Å². The lowest BCUT2D eigenvalue weighted by atomic mass is 10.2. The number of carboxylic acids is 1. The van der Waals surface area contributed by atoms with Crippen molar-refractivity contribution in [3.63, 3.8) is 0 Å². The molecule has 3 heterocycles. The smallest absolute Gasteiger partial charge is 0.341 e. The second-order valence-electron chi connectivity index (χ2n) is 7.65. The van der Waals surface area contributed by atoms with E-state index in [0.29, 0.717) is 88.6 Å². The molecule has 1 aromatic carbocycles. The highest BCUT2D eigenvalue weighted by Gasteiger charge is 2.20. The third kappa shape index (κ3) is 6.90. The number of aliphatic carboxylic acids is 1. The summed E-state index contributed by atoms with van der Waals surface area (Å²) in [6, 6.07) is 5.11. The Labute approximate surface area is 202 Å². The van der Waals surface area contributed by atoms with Gasteiger partial charge in [-0.1, -0.05) is 0 Å². The van der Waals surface area contributed by atoms with Gasteiger partial charge in [0.25, 0.3) is 0 Å². The summed E-state index contributed by atoms with van der Waals surface area (Å²) in [6.45, 7) is 7.06. The second-order valence-corrected chi connectivity index (χ2v) is 7.65. The van der Waals surface area contributed by atoms with E-state index in [4.69, 9.17) is 24.1 Å². The molecule has 0 atom stereocenters. The number of morpholine rings is 2. The molecule has 2 aliphatic heterocycles. The molecule has 1 aromatic heterocycles. The van der Waals surface area contributed by atoms with E-state index < -0.39 is 12.6 Å². The van der Waals surface area contributed by atoms with Gasteiger partial charge in [-0.3, -0.25) is 0 Å². The number of hydrogen-bond donors (Lipinski definition) is 2. The van der Waals surface area contributed by atoms with Crippen molar-refractivity contribution < 1.29 is 28.8 Å². The first-order chi connectivity index (χ1) is 17.1. The number of nitrogens with zero attached hydrogens (tertiary/aromatic N) is 6. The Bertz CT molecular complexity index is 989. The van der Waals surface area contributed by atoms with E-state index in [9.17, 15) is 4.79 Å². The number of hydrazone groups is 1. The molecule has 13 nitrogen and oxygen atoms in total. The maximum absolute atomic E-state index is 10.8. The van der Waals surface area contributed by atoms with Gasteiger partial charge in [0.15, 0.2) is 18.1 Å². The molecule has 0 bridgehead atoms. The highest BCUT2D eigenvalue weighted by Crippen LogP contribution is 2.28. The zero-order valence-electron chi connectivity index (χ0n) is 19.6. The van der Waals surface area contributed by atoms with E-state index in [-0.39, 0.29) is 0 Å². The predicted molar refractivity (Wildman–Crippen MR) is 128 cm³/mol. The Morgan fingerprint density at radius 2 is 1.66 bits per heavy atom. The SMILES string of the molecule is CCOc1cc(/C=N/Nc2nc(N3CCOCC3)nc(N3CCOCC3)n2)ccc1OCC(=O)O. The van der Waals surface area contributed by atoms with Crippen molar-refractivity contribution >= 4 is 30.0 Å². The Morgan fingerprint density at radius 3 is 2.23 bits per heavy atom. The maximum atomic E-state index is 10.8. The molecule has 2 aliphatic rings. The first kappa shape index (κ1) is 24.4. The molecule has 2 saturated heterocycles. The van der Waals surface area contributed by atoms with Crippen LogP contribution in [-0.2, 0) is 14.3 Å². The van der Waals surface area contributed by atoms with Gasteiger partial charge in [0.05, 0.1) is 39.2 Å². The number of aromatic nitrogens is 3. The zero-order chi connectivity index (χ0) is 24.5. The van der Waals surface area contributed by atoms with Crippen LogP contribution in [0, 0.1) is 0 Å². The van der Waals surface area contributed by atoms with Crippen LogP contribution in [0.4, 0.5) is 17.8 Å². The minimum Gasteiger partial charge on any atom is -0.490 e. The third-order valence-electron chi connectivity index (χ3n) is 5.20. The van der Waals surface area contributed by atoms with Crippen molar-refractivity contribution in [3.05, 3.63) is 23.8 Å². The average molecular weight is 488 g/mol. The summed E-state index contributed by atoms with van der Waals surface area (Å²) in [5.41, 5.74) is 3.62. The van der Waals surface area contributed by atoms with E-state index in [0.717, 1.165) is 5.56 Å². The van der Waals surface area contributed by atoms with Crippen molar-refractivity contribution in [2.45, 2.75) is 6.92 Å². The highest BCUT2D eigenvalue weighted by molar-refractivity contribution is 5.81. The number of hydrogen-bond acceptors (Lipinski definition) is 12. The van der Waals surface area contributed by atoms with Crippen molar-refractivity contribution in [1.29, 1.82) is 0 Å². The van der Waals surface area contributed by atoms with E-state index in [1.54, 1.807) is 24.4 Å². The second kappa shape index (κ2) is 12.1. The molecular weight excluding hydrogens is 458 g/mol. The highest BCUT2D eigenvalue weighted by atomic mass is 16.5. The predicted octanol–water partition coefficient (Wildman–Crippen LogP) is 0.853. The van der Waals surface area contributed by atoms with E-state index >= 15 is 0 Å². The lowest BCUT2D eigenvalue weighted by Crippen LogP contribution is -2.40. The van der Waals surface area contributed by atoms with Crippen LogP contribution in [0.5, 0.6) is 11.5 Å². The molecule has 0 saturated carbocycles. The number of rotatable bonds is 10. The van der Waals surface area contributed by atoms with Gasteiger partial charge in [-0.25, -0.2) is 10.2 Å². The Hall–Kier alpha value is -3.71. The average Bonchev–Trinajstić information content (AvgIpc) is 2.89. The number of carboxylic acid groups (broad SMARTS) is 1. The van der Waals surface area contributed by atoms with Crippen molar-refractivity contribution in [1.82, 2.24) is 15.0 Å². The van der Waals surface area contributed by atoms with E-state index in [1.807, 2.05) is 6.92 Å². The van der Waals surface area contributed by atoms with Crippen molar-refractivity contribution in [3.8, 4) is 11.5 Å². The van der Waals surface area contributed by atoms with E-state index in [2.05, 4.69) is 35.3 Å². The molecule has 0 unspecified atom stereocenters. The first-order valence-electron chi connectivity index (χ1n) is 11.4. The maximum Gasteiger partial charge on any atom is 0.341 e. The fourth-order valence-electron chi connectivity index (χ4n) is 3.51. The molecule has 0 amide bonds. The van der Waals surface area contributed by atoms with Crippen LogP contribution in [-0.4, -0.2) is 98.1 Å². The molecule has 13 heteroatoms. The Morgan fingerprint density at radius 1 is 1.03 bits per heavy atom. The Balaban J connectivity index is 1.51. The molecule has 2 N–H and O–H groups in total. The van der Waals surface area contributed by atoms with Gasteiger partial charge in [-0.15, -0.1) is 0 Å². The van der Waals surface area contributed by atoms with Crippen molar-refractivity contribution in [2.75, 3.05) is 81.0 Å². The van der Waals surface area contributed by atoms with E-state index in [1.165, 1.54) is 0 Å². The minimum atomic E-state index is -1.06. The molecule has 2 aromatic rings. The quantitative estimate of drug-likeness (QED) is 0.362. The summed E-state index contributed by atoms with van der Waals surface area (Å²) in [5, 5.41) is 13.1. The summed E-state index contributed by atoms with van der Waals surface area (Å²) in [6.07, 6.45) is 1.59. The fourth-order valence-corrected chi connectivity index (χ4v) is 3.51. The summed E-state index contributed by atoms with van der Waals surface area (Å²) in [4.78, 5) is 28.7. The zero-order valence-corrected chi connectivity index (χ0v) is 19.6. The summed E-state index contributed by atoms with van der Waals surface area (Å²) < 4.78 is 21.8. The summed E-state index contributed by atoms with van der Waals surface area (Å²) >= 11 is 0. The standard InChI is InChI=1S/C22H29N7O6/c1-2-34-18-13-16(3-4-17(18)35-15-19(30)31)14-23-27-20-24-21(28-5-9-32-10-6-28)26-22(25-20)29-7-11-33-12-8-29/h3-4,13-14H,2,5-12,15H2,1H3,(H,30,31)(H,24,25,26,27)/b23-14+. The number of carbonyl (C=O) groups is 1. The van der Waals surface area contributed by atoms with Gasteiger partial charge in [0.2, 0.25) is 17.8 Å². The largest absolute Gasteiger partial charge is 0.490 e. The normalized spacial score (nSPS) is 16.4. The third-order valence-corrected chi connectivity index (χ3v) is 5.20. The molecule has 2 fully saturated rings. The topological polar surface area (TPSA) is 144 Å². The van der Waals surface area contributed by atoms with Gasteiger partial charge < -0.3 is 33.9 Å². The molecule has 4 rings (SSSR count). The van der Waals surface area contributed by atoms with Crippen LogP contribution in [0.15, 0.2) is 23.3 Å². The number of nitrogens with one attached hydrogen (secondary N) is 1. The molecule has 0 radical (unpaired) electrons. The number of benzene rings is 1. The number of ether oxygens (including phenoxy) is 4. The lowest BCUT2D eigenvalue weighted by molar-refractivity contribution is -0.139. The monoisotopic (exact) mass is 487 g/mol. The van der Waals surface area contributed by atoms with Crippen LogP contribution in [0.25, 0.3) is 0 Å². The van der Waals surface area contributed by atoms with Crippen LogP contribution >= 0.6 is 0 Å². The van der Waals surface area contributed by atoms with Crippen LogP contribution in [0.1, 0.15) is 12.5 Å². The van der Waals surface area contributed by atoms with Gasteiger partial charge in [0, 0.05) is 26.2 Å². The first-order valence-corrected chi connectivity index (χ1v) is 11.4. The van der Waals surface area contributed by atoms with Crippen LogP contribution in [0.2, 0.25) is 0 Å². The molecule has 0 aliphatic carbocycles. The summed E-state index contributed by atoms with van der Waals surface area (Å²) in [5.74, 6) is 1.18. The molecule has 35 heavy (non-hydrogen) atoms. The molecule has 0 spiro atoms. The number of anilines is 3. The van der Waals surface area contributed by atoms with Crippen molar-refractivity contribution in [2.24, 2.45) is 5.10 Å². The van der Waals surface area contributed by atoms with Crippen LogP contribution in [0.3, 0.4) is 0 Å². The van der Waals surface area contributed by atoms with Gasteiger partial charge in [-0.05, 0) is 30.7 Å². The lowest BCUT2D eigenvalue weighted by Gasteiger charge is -2.30. The van der Waals surface area contributed by atoms with Gasteiger partial charge >= 0.3 is 5.97 Å². The van der Waals surface area contributed by atoms with Gasteiger partial charge in [-0.2, -0.15) is 20.1 Å².